The second-order valence-corrected chi connectivity index (χ2v) is 4.32. The van der Waals surface area contributed by atoms with Crippen LogP contribution in [0.4, 0.5) is 0 Å². The molecular formula is C13H19NO. The number of hydrogen-bond acceptors (Lipinski definition) is 2. The topological polar surface area (TPSA) is 32.3 Å². The SMILES string of the molecule is Cc1ccc2c(c1)C(NCCO)CCC2. The van der Waals surface area contributed by atoms with Crippen molar-refractivity contribution in [3.63, 3.8) is 0 Å². The number of rotatable bonds is 3. The van der Waals surface area contributed by atoms with E-state index in [0.717, 1.165) is 0 Å². The van der Waals surface area contributed by atoms with Crippen molar-refractivity contribution >= 4 is 0 Å². The predicted molar refractivity (Wildman–Crippen MR) is 61.9 cm³/mol. The summed E-state index contributed by atoms with van der Waals surface area (Å²) in [6.07, 6.45) is 3.64. The van der Waals surface area contributed by atoms with Gasteiger partial charge < -0.3 is 10.4 Å². The molecule has 0 radical (unpaired) electrons. The van der Waals surface area contributed by atoms with Crippen LogP contribution in [0, 0.1) is 6.92 Å². The summed E-state index contributed by atoms with van der Waals surface area (Å²) < 4.78 is 0. The van der Waals surface area contributed by atoms with Gasteiger partial charge >= 0.3 is 0 Å². The standard InChI is InChI=1S/C13H19NO/c1-10-5-6-11-3-2-4-13(12(11)9-10)14-7-8-15/h5-6,9,13-15H,2-4,7-8H2,1H3. The summed E-state index contributed by atoms with van der Waals surface area (Å²) in [5.41, 5.74) is 4.24. The van der Waals surface area contributed by atoms with Crippen molar-refractivity contribution in [2.45, 2.75) is 32.2 Å². The van der Waals surface area contributed by atoms with Gasteiger partial charge in [-0.2, -0.15) is 0 Å². The number of hydrogen-bond donors (Lipinski definition) is 2. The van der Waals surface area contributed by atoms with Gasteiger partial charge in [0.1, 0.15) is 0 Å². The van der Waals surface area contributed by atoms with Crippen LogP contribution in [0.1, 0.15) is 35.6 Å². The van der Waals surface area contributed by atoms with Gasteiger partial charge in [0.25, 0.3) is 0 Å². The third-order valence-corrected chi connectivity index (χ3v) is 3.12. The molecule has 82 valence electrons. The lowest BCUT2D eigenvalue weighted by molar-refractivity contribution is 0.280. The zero-order valence-electron chi connectivity index (χ0n) is 9.29. The molecule has 0 bridgehead atoms. The first-order valence-corrected chi connectivity index (χ1v) is 5.75. The molecule has 1 aromatic rings. The summed E-state index contributed by atoms with van der Waals surface area (Å²) in [5.74, 6) is 0. The third-order valence-electron chi connectivity index (χ3n) is 3.12. The van der Waals surface area contributed by atoms with Crippen molar-refractivity contribution in [2.75, 3.05) is 13.2 Å². The van der Waals surface area contributed by atoms with Gasteiger partial charge in [0.05, 0.1) is 6.61 Å². The average molecular weight is 205 g/mol. The quantitative estimate of drug-likeness (QED) is 0.790. The number of aliphatic hydroxyl groups is 1. The van der Waals surface area contributed by atoms with Gasteiger partial charge in [-0.3, -0.25) is 0 Å². The minimum Gasteiger partial charge on any atom is -0.395 e. The Hall–Kier alpha value is -0.860. The molecule has 0 amide bonds. The van der Waals surface area contributed by atoms with Gasteiger partial charge in [-0.1, -0.05) is 23.8 Å². The van der Waals surface area contributed by atoms with Gasteiger partial charge in [-0.05, 0) is 37.3 Å². The summed E-state index contributed by atoms with van der Waals surface area (Å²) in [4.78, 5) is 0. The highest BCUT2D eigenvalue weighted by atomic mass is 16.3. The lowest BCUT2D eigenvalue weighted by atomic mass is 9.86. The molecule has 0 saturated heterocycles. The molecule has 0 aromatic heterocycles. The van der Waals surface area contributed by atoms with Gasteiger partial charge in [0.15, 0.2) is 0 Å². The zero-order chi connectivity index (χ0) is 10.7. The maximum atomic E-state index is 8.84. The third kappa shape index (κ3) is 2.39. The van der Waals surface area contributed by atoms with Crippen molar-refractivity contribution in [1.82, 2.24) is 5.32 Å². The van der Waals surface area contributed by atoms with E-state index in [1.165, 1.54) is 36.0 Å². The largest absolute Gasteiger partial charge is 0.395 e. The summed E-state index contributed by atoms with van der Waals surface area (Å²) in [6.45, 7) is 3.05. The second kappa shape index (κ2) is 4.77. The molecule has 2 rings (SSSR count). The molecule has 1 aromatic carbocycles. The highest BCUT2D eigenvalue weighted by Crippen LogP contribution is 2.30. The second-order valence-electron chi connectivity index (χ2n) is 4.32. The molecule has 2 N–H and O–H groups in total. The lowest BCUT2D eigenvalue weighted by Gasteiger charge is -2.26. The molecule has 1 unspecified atom stereocenters. The molecule has 1 aliphatic carbocycles. The number of aryl methyl sites for hydroxylation is 2. The van der Waals surface area contributed by atoms with Crippen LogP contribution in [0.2, 0.25) is 0 Å². The van der Waals surface area contributed by atoms with Crippen LogP contribution in [0.5, 0.6) is 0 Å². The van der Waals surface area contributed by atoms with Crippen molar-refractivity contribution < 1.29 is 5.11 Å². The number of nitrogens with one attached hydrogen (secondary N) is 1. The molecule has 0 fully saturated rings. The van der Waals surface area contributed by atoms with Gasteiger partial charge in [0, 0.05) is 12.6 Å². The van der Waals surface area contributed by atoms with E-state index in [2.05, 4.69) is 30.4 Å². The van der Waals surface area contributed by atoms with Crippen molar-refractivity contribution in [3.05, 3.63) is 34.9 Å². The Morgan fingerprint density at radius 1 is 1.47 bits per heavy atom. The average Bonchev–Trinajstić information content (AvgIpc) is 2.26. The fourth-order valence-electron chi connectivity index (χ4n) is 2.37. The Bertz CT molecular complexity index is 335. The first kappa shape index (κ1) is 10.7. The molecule has 0 saturated carbocycles. The van der Waals surface area contributed by atoms with Crippen LogP contribution in [-0.2, 0) is 6.42 Å². The van der Waals surface area contributed by atoms with Crippen LogP contribution in [0.3, 0.4) is 0 Å². The molecule has 0 heterocycles. The van der Waals surface area contributed by atoms with Crippen molar-refractivity contribution in [1.29, 1.82) is 0 Å². The highest BCUT2D eigenvalue weighted by molar-refractivity contribution is 5.35. The first-order chi connectivity index (χ1) is 7.31. The van der Waals surface area contributed by atoms with Gasteiger partial charge in [-0.15, -0.1) is 0 Å². The summed E-state index contributed by atoms with van der Waals surface area (Å²) in [7, 11) is 0. The fourth-order valence-corrected chi connectivity index (χ4v) is 2.37. The van der Waals surface area contributed by atoms with Gasteiger partial charge in [0.2, 0.25) is 0 Å². The van der Waals surface area contributed by atoms with Crippen LogP contribution < -0.4 is 5.32 Å². The van der Waals surface area contributed by atoms with E-state index in [9.17, 15) is 0 Å². The Morgan fingerprint density at radius 3 is 3.13 bits per heavy atom. The Balaban J connectivity index is 2.20. The van der Waals surface area contributed by atoms with Crippen molar-refractivity contribution in [3.8, 4) is 0 Å². The predicted octanol–water partition coefficient (Wildman–Crippen LogP) is 1.95. The van der Waals surface area contributed by atoms with E-state index in [1.54, 1.807) is 0 Å². The Morgan fingerprint density at radius 2 is 2.33 bits per heavy atom. The maximum absolute atomic E-state index is 8.84. The number of fused-ring (bicyclic) bond motifs is 1. The summed E-state index contributed by atoms with van der Waals surface area (Å²) in [5, 5.41) is 12.2. The van der Waals surface area contributed by atoms with Crippen LogP contribution in [0.25, 0.3) is 0 Å². The minimum absolute atomic E-state index is 0.220. The monoisotopic (exact) mass is 205 g/mol. The molecular weight excluding hydrogens is 186 g/mol. The molecule has 2 nitrogen and oxygen atoms in total. The van der Waals surface area contributed by atoms with Gasteiger partial charge in [-0.25, -0.2) is 0 Å². The molecule has 2 heteroatoms. The normalized spacial score (nSPS) is 20.0. The van der Waals surface area contributed by atoms with Crippen LogP contribution in [-0.4, -0.2) is 18.3 Å². The first-order valence-electron chi connectivity index (χ1n) is 5.75. The Kier molecular flexibility index (Phi) is 3.39. The molecule has 1 atom stereocenters. The number of aliphatic hydroxyl groups excluding tert-OH is 1. The van der Waals surface area contributed by atoms with E-state index in [0.29, 0.717) is 12.6 Å². The Labute approximate surface area is 91.3 Å². The molecule has 0 aliphatic heterocycles. The van der Waals surface area contributed by atoms with Crippen LogP contribution in [0.15, 0.2) is 18.2 Å². The zero-order valence-corrected chi connectivity index (χ0v) is 9.29. The maximum Gasteiger partial charge on any atom is 0.0556 e. The fraction of sp³-hybridized carbons (Fsp3) is 0.538. The van der Waals surface area contributed by atoms with E-state index in [-0.39, 0.29) is 6.61 Å². The summed E-state index contributed by atoms with van der Waals surface area (Å²) in [6, 6.07) is 7.16. The minimum atomic E-state index is 0.220. The van der Waals surface area contributed by atoms with Crippen molar-refractivity contribution in [2.24, 2.45) is 0 Å². The van der Waals surface area contributed by atoms with E-state index < -0.39 is 0 Å². The van der Waals surface area contributed by atoms with E-state index in [4.69, 9.17) is 5.11 Å². The smallest absolute Gasteiger partial charge is 0.0556 e. The van der Waals surface area contributed by atoms with E-state index in [1.807, 2.05) is 0 Å². The lowest BCUT2D eigenvalue weighted by Crippen LogP contribution is -2.27. The molecule has 15 heavy (non-hydrogen) atoms. The summed E-state index contributed by atoms with van der Waals surface area (Å²) >= 11 is 0. The number of benzene rings is 1. The van der Waals surface area contributed by atoms with Crippen LogP contribution >= 0.6 is 0 Å². The van der Waals surface area contributed by atoms with E-state index >= 15 is 0 Å². The molecule has 1 aliphatic rings. The molecule has 0 spiro atoms. The highest BCUT2D eigenvalue weighted by Gasteiger charge is 2.19.